The first-order valence-electron chi connectivity index (χ1n) is 7.73. The van der Waals surface area contributed by atoms with Crippen molar-refractivity contribution in [2.24, 2.45) is 5.16 Å². The second kappa shape index (κ2) is 6.78. The minimum absolute atomic E-state index is 0.0281. The fraction of sp³-hybridized carbons (Fsp3) is 0.300. The summed E-state index contributed by atoms with van der Waals surface area (Å²) in [6, 6.07) is 16.3. The molecule has 0 atom stereocenters. The van der Waals surface area contributed by atoms with Crippen LogP contribution in [0.25, 0.3) is 11.1 Å². The van der Waals surface area contributed by atoms with Crippen LogP contribution < -0.4 is 0 Å². The lowest BCUT2D eigenvalue weighted by Crippen LogP contribution is -2.10. The molecule has 2 rings (SSSR count). The number of Topliss-reactive ketones (excluding diaryl/α,β-unsaturated/α-hetero) is 1. The lowest BCUT2D eigenvalue weighted by atomic mass is 9.86. The first kappa shape index (κ1) is 16.9. The monoisotopic (exact) mass is 309 g/mol. The molecule has 0 aliphatic rings. The van der Waals surface area contributed by atoms with Gasteiger partial charge >= 0.3 is 0 Å². The van der Waals surface area contributed by atoms with E-state index in [4.69, 9.17) is 5.21 Å². The molecule has 23 heavy (non-hydrogen) atoms. The van der Waals surface area contributed by atoms with Gasteiger partial charge in [0.1, 0.15) is 5.78 Å². The molecule has 0 radical (unpaired) electrons. The van der Waals surface area contributed by atoms with Crippen LogP contribution in [0.15, 0.2) is 53.7 Å². The van der Waals surface area contributed by atoms with E-state index in [1.54, 1.807) is 0 Å². The molecule has 0 heterocycles. The average Bonchev–Trinajstić information content (AvgIpc) is 2.52. The fourth-order valence-corrected chi connectivity index (χ4v) is 2.45. The third kappa shape index (κ3) is 4.28. The summed E-state index contributed by atoms with van der Waals surface area (Å²) in [5.74, 6) is -0.0281. The summed E-state index contributed by atoms with van der Waals surface area (Å²) >= 11 is 0. The van der Waals surface area contributed by atoms with E-state index < -0.39 is 0 Å². The van der Waals surface area contributed by atoms with E-state index in [-0.39, 0.29) is 17.6 Å². The Bertz CT molecular complexity index is 705. The minimum Gasteiger partial charge on any atom is -0.411 e. The summed E-state index contributed by atoms with van der Waals surface area (Å²) in [7, 11) is 0. The lowest BCUT2D eigenvalue weighted by Gasteiger charge is -2.19. The van der Waals surface area contributed by atoms with Gasteiger partial charge in [-0.05, 0) is 34.6 Å². The van der Waals surface area contributed by atoms with Crippen molar-refractivity contribution in [2.75, 3.05) is 0 Å². The molecule has 0 amide bonds. The number of rotatable bonds is 4. The fourth-order valence-electron chi connectivity index (χ4n) is 2.45. The molecule has 2 aromatic rings. The second-order valence-corrected chi connectivity index (χ2v) is 6.83. The maximum atomic E-state index is 11.2. The zero-order valence-electron chi connectivity index (χ0n) is 14.1. The number of oxime groups is 1. The number of carbonyl (C=O) groups is 1. The van der Waals surface area contributed by atoms with Gasteiger partial charge in [0.15, 0.2) is 0 Å². The lowest BCUT2D eigenvalue weighted by molar-refractivity contribution is -0.115. The maximum Gasteiger partial charge on any atom is 0.135 e. The summed E-state index contributed by atoms with van der Waals surface area (Å²) in [4.78, 5) is 11.2. The smallest absolute Gasteiger partial charge is 0.135 e. The molecule has 0 bridgehead atoms. The summed E-state index contributed by atoms with van der Waals surface area (Å²) in [6.07, 6.45) is 0.135. The molecule has 2 aromatic carbocycles. The first-order valence-corrected chi connectivity index (χ1v) is 7.73. The predicted molar refractivity (Wildman–Crippen MR) is 94.2 cm³/mol. The van der Waals surface area contributed by atoms with Crippen molar-refractivity contribution >= 4 is 11.5 Å². The van der Waals surface area contributed by atoms with Crippen molar-refractivity contribution in [3.63, 3.8) is 0 Å². The van der Waals surface area contributed by atoms with E-state index >= 15 is 0 Å². The van der Waals surface area contributed by atoms with E-state index in [2.05, 4.69) is 50.2 Å². The van der Waals surface area contributed by atoms with Gasteiger partial charge in [-0.25, -0.2) is 0 Å². The topological polar surface area (TPSA) is 49.7 Å². The standard InChI is InChI=1S/C20H23NO2/c1-14(22)13-19(21-23)17-7-5-15(6-8-17)16-9-11-18(12-10-16)20(2,3)4/h5-12,23H,13H2,1-4H3. The summed E-state index contributed by atoms with van der Waals surface area (Å²) in [6.45, 7) is 8.07. The van der Waals surface area contributed by atoms with Gasteiger partial charge in [-0.15, -0.1) is 0 Å². The van der Waals surface area contributed by atoms with Gasteiger partial charge in [0, 0.05) is 0 Å². The van der Waals surface area contributed by atoms with Crippen LogP contribution in [-0.2, 0) is 10.2 Å². The summed E-state index contributed by atoms with van der Waals surface area (Å²) in [5.41, 5.74) is 4.83. The van der Waals surface area contributed by atoms with Crippen LogP contribution in [0.5, 0.6) is 0 Å². The van der Waals surface area contributed by atoms with Crippen LogP contribution in [0.4, 0.5) is 0 Å². The Labute approximate surface area is 137 Å². The van der Waals surface area contributed by atoms with E-state index in [0.717, 1.165) is 16.7 Å². The first-order chi connectivity index (χ1) is 10.8. The van der Waals surface area contributed by atoms with E-state index in [1.165, 1.54) is 12.5 Å². The maximum absolute atomic E-state index is 11.2. The van der Waals surface area contributed by atoms with Crippen LogP contribution in [0.3, 0.4) is 0 Å². The van der Waals surface area contributed by atoms with Crippen LogP contribution in [0.2, 0.25) is 0 Å². The highest BCUT2D eigenvalue weighted by Crippen LogP contribution is 2.26. The molecule has 0 saturated carbocycles. The molecule has 0 aromatic heterocycles. The van der Waals surface area contributed by atoms with Crippen LogP contribution in [-0.4, -0.2) is 16.7 Å². The van der Waals surface area contributed by atoms with Gasteiger partial charge in [0.2, 0.25) is 0 Å². The molecule has 0 saturated heterocycles. The molecule has 0 spiro atoms. The molecule has 0 aliphatic heterocycles. The Morgan fingerprint density at radius 1 is 0.957 bits per heavy atom. The number of hydrogen-bond donors (Lipinski definition) is 1. The quantitative estimate of drug-likeness (QED) is 0.500. The van der Waals surface area contributed by atoms with Crippen molar-refractivity contribution < 1.29 is 10.0 Å². The van der Waals surface area contributed by atoms with Gasteiger partial charge in [-0.1, -0.05) is 74.5 Å². The number of nitrogens with zero attached hydrogens (tertiary/aromatic N) is 1. The molecule has 0 fully saturated rings. The van der Waals surface area contributed by atoms with E-state index in [1.807, 2.05) is 24.3 Å². The van der Waals surface area contributed by atoms with E-state index in [9.17, 15) is 4.79 Å². The van der Waals surface area contributed by atoms with Crippen LogP contribution in [0.1, 0.15) is 45.2 Å². The minimum atomic E-state index is -0.0281. The molecule has 0 unspecified atom stereocenters. The number of hydrogen-bond acceptors (Lipinski definition) is 3. The van der Waals surface area contributed by atoms with Gasteiger partial charge in [0.25, 0.3) is 0 Å². The van der Waals surface area contributed by atoms with Gasteiger partial charge < -0.3 is 5.21 Å². The Hall–Kier alpha value is -2.42. The summed E-state index contributed by atoms with van der Waals surface area (Å²) in [5, 5.41) is 12.3. The van der Waals surface area contributed by atoms with Gasteiger partial charge in [-0.2, -0.15) is 0 Å². The Morgan fingerprint density at radius 2 is 1.43 bits per heavy atom. The zero-order valence-corrected chi connectivity index (χ0v) is 14.1. The normalized spacial score (nSPS) is 12.3. The Morgan fingerprint density at radius 3 is 1.83 bits per heavy atom. The van der Waals surface area contributed by atoms with Crippen molar-refractivity contribution in [1.82, 2.24) is 0 Å². The SMILES string of the molecule is CC(=O)CC(=NO)c1ccc(-c2ccc(C(C)(C)C)cc2)cc1. The Kier molecular flexibility index (Phi) is 4.99. The van der Waals surface area contributed by atoms with Crippen LogP contribution >= 0.6 is 0 Å². The van der Waals surface area contributed by atoms with Gasteiger partial charge in [0.05, 0.1) is 12.1 Å². The van der Waals surface area contributed by atoms with E-state index in [0.29, 0.717) is 5.71 Å². The average molecular weight is 309 g/mol. The second-order valence-electron chi connectivity index (χ2n) is 6.83. The molecule has 3 nitrogen and oxygen atoms in total. The number of benzene rings is 2. The zero-order chi connectivity index (χ0) is 17.0. The van der Waals surface area contributed by atoms with Crippen molar-refractivity contribution in [1.29, 1.82) is 0 Å². The van der Waals surface area contributed by atoms with Crippen LogP contribution in [0, 0.1) is 0 Å². The molecule has 3 heteroatoms. The number of carbonyl (C=O) groups excluding carboxylic acids is 1. The van der Waals surface area contributed by atoms with Crippen molar-refractivity contribution in [3.8, 4) is 11.1 Å². The molecule has 1 N–H and O–H groups in total. The highest BCUT2D eigenvalue weighted by molar-refractivity contribution is 6.10. The highest BCUT2D eigenvalue weighted by atomic mass is 16.4. The predicted octanol–water partition coefficient (Wildman–Crippen LogP) is 4.81. The molecule has 120 valence electrons. The van der Waals surface area contributed by atoms with Crippen molar-refractivity contribution in [2.45, 2.75) is 39.5 Å². The number of ketones is 1. The highest BCUT2D eigenvalue weighted by Gasteiger charge is 2.13. The molecule has 0 aliphatic carbocycles. The molecular formula is C20H23NO2. The van der Waals surface area contributed by atoms with Crippen molar-refractivity contribution in [3.05, 3.63) is 59.7 Å². The summed E-state index contributed by atoms with van der Waals surface area (Å²) < 4.78 is 0. The largest absolute Gasteiger partial charge is 0.411 e. The molecular weight excluding hydrogens is 286 g/mol. The Balaban J connectivity index is 2.24. The third-order valence-corrected chi connectivity index (χ3v) is 3.84. The van der Waals surface area contributed by atoms with Gasteiger partial charge in [-0.3, -0.25) is 4.79 Å². The third-order valence-electron chi connectivity index (χ3n) is 3.84.